The van der Waals surface area contributed by atoms with E-state index < -0.39 is 0 Å². The summed E-state index contributed by atoms with van der Waals surface area (Å²) in [5.74, 6) is 1.54. The highest BCUT2D eigenvalue weighted by molar-refractivity contribution is 7.18. The molecule has 0 aromatic carbocycles. The zero-order valence-corrected chi connectivity index (χ0v) is 13.8. The summed E-state index contributed by atoms with van der Waals surface area (Å²) in [6, 6.07) is 2.35. The third kappa shape index (κ3) is 4.04. The largest absolute Gasteiger partial charge is 0.396 e. The molecule has 6 heteroatoms. The molecule has 0 radical (unpaired) electrons. The van der Waals surface area contributed by atoms with Crippen LogP contribution in [0.1, 0.15) is 38.0 Å². The number of aliphatic hydroxyl groups is 1. The fraction of sp³-hybridized carbons (Fsp3) is 0.600. The van der Waals surface area contributed by atoms with Crippen LogP contribution in [0.5, 0.6) is 0 Å². The van der Waals surface area contributed by atoms with Crippen LogP contribution in [0.3, 0.4) is 0 Å². The molecule has 3 N–H and O–H groups in total. The smallest absolute Gasteiger partial charge is 0.226 e. The number of nitrogens with zero attached hydrogens (tertiary/aromatic N) is 2. The van der Waals surface area contributed by atoms with Gasteiger partial charge in [-0.3, -0.25) is 0 Å². The topological polar surface area (TPSA) is 70.1 Å². The number of aromatic nitrogens is 2. The van der Waals surface area contributed by atoms with Crippen LogP contribution in [0.2, 0.25) is 0 Å². The van der Waals surface area contributed by atoms with Gasteiger partial charge in [0.2, 0.25) is 5.95 Å². The zero-order chi connectivity index (χ0) is 15.2. The van der Waals surface area contributed by atoms with E-state index in [2.05, 4.69) is 47.4 Å². The number of nitrogens with one attached hydrogen (secondary N) is 2. The number of fused-ring (bicyclic) bond motifs is 1. The van der Waals surface area contributed by atoms with E-state index in [9.17, 15) is 0 Å². The Bertz CT molecular complexity index is 584. The molecule has 1 atom stereocenters. The number of hydrogen-bond donors (Lipinski definition) is 3. The summed E-state index contributed by atoms with van der Waals surface area (Å²) in [4.78, 5) is 11.4. The van der Waals surface area contributed by atoms with Crippen LogP contribution < -0.4 is 10.6 Å². The second-order valence-corrected chi connectivity index (χ2v) is 6.40. The van der Waals surface area contributed by atoms with Crippen molar-refractivity contribution in [3.05, 3.63) is 10.9 Å². The lowest BCUT2D eigenvalue weighted by Crippen LogP contribution is -2.21. The first-order valence-electron chi connectivity index (χ1n) is 7.57. The Morgan fingerprint density at radius 1 is 1.33 bits per heavy atom. The maximum Gasteiger partial charge on any atom is 0.226 e. The van der Waals surface area contributed by atoms with Crippen LogP contribution in [0.4, 0.5) is 11.8 Å². The minimum Gasteiger partial charge on any atom is -0.396 e. The van der Waals surface area contributed by atoms with Gasteiger partial charge in [0, 0.05) is 24.1 Å². The summed E-state index contributed by atoms with van der Waals surface area (Å²) < 4.78 is 0. The van der Waals surface area contributed by atoms with Gasteiger partial charge in [0.05, 0.1) is 5.39 Å². The average Bonchev–Trinajstić information content (AvgIpc) is 2.85. The third-order valence-corrected chi connectivity index (χ3v) is 4.30. The van der Waals surface area contributed by atoms with Crippen molar-refractivity contribution >= 4 is 33.3 Å². The summed E-state index contributed by atoms with van der Waals surface area (Å²) >= 11 is 1.68. The van der Waals surface area contributed by atoms with Crippen molar-refractivity contribution in [3.63, 3.8) is 0 Å². The maximum atomic E-state index is 9.15. The molecule has 0 saturated carbocycles. The number of hydrogen-bond acceptors (Lipinski definition) is 6. The molecule has 0 spiro atoms. The molecule has 0 bridgehead atoms. The van der Waals surface area contributed by atoms with Gasteiger partial charge in [0.15, 0.2) is 0 Å². The molecule has 21 heavy (non-hydrogen) atoms. The number of aliphatic hydroxyl groups excluding tert-OH is 1. The number of aryl methyl sites for hydroxylation is 1. The second-order valence-electron chi connectivity index (χ2n) is 5.16. The van der Waals surface area contributed by atoms with Crippen molar-refractivity contribution in [1.82, 2.24) is 9.97 Å². The Balaban J connectivity index is 2.33. The van der Waals surface area contributed by atoms with Crippen LogP contribution in [0, 0.1) is 6.92 Å². The Kier molecular flexibility index (Phi) is 5.76. The molecule has 0 aliphatic rings. The fourth-order valence-corrected chi connectivity index (χ4v) is 3.07. The van der Waals surface area contributed by atoms with Gasteiger partial charge in [-0.25, -0.2) is 4.98 Å². The lowest BCUT2D eigenvalue weighted by Gasteiger charge is -2.17. The Labute approximate surface area is 129 Å². The van der Waals surface area contributed by atoms with E-state index in [0.717, 1.165) is 41.8 Å². The number of rotatable bonds is 8. The molecule has 2 heterocycles. The molecular weight excluding hydrogens is 284 g/mol. The van der Waals surface area contributed by atoms with Crippen molar-refractivity contribution in [3.8, 4) is 0 Å². The molecule has 0 aliphatic carbocycles. The molecular formula is C15H24N4OS. The summed E-state index contributed by atoms with van der Waals surface area (Å²) in [5, 5.41) is 16.9. The zero-order valence-electron chi connectivity index (χ0n) is 12.9. The molecule has 2 aromatic rings. The first kappa shape index (κ1) is 16.0. The number of thiophene rings is 1. The van der Waals surface area contributed by atoms with Gasteiger partial charge >= 0.3 is 0 Å². The van der Waals surface area contributed by atoms with Gasteiger partial charge in [-0.05, 0) is 32.3 Å². The van der Waals surface area contributed by atoms with Gasteiger partial charge in [-0.2, -0.15) is 4.98 Å². The van der Waals surface area contributed by atoms with Crippen molar-refractivity contribution in [1.29, 1.82) is 0 Å². The monoisotopic (exact) mass is 308 g/mol. The highest BCUT2D eigenvalue weighted by Gasteiger charge is 2.13. The van der Waals surface area contributed by atoms with Crippen molar-refractivity contribution < 1.29 is 5.11 Å². The van der Waals surface area contributed by atoms with Gasteiger partial charge in [0.1, 0.15) is 10.6 Å². The van der Waals surface area contributed by atoms with Gasteiger partial charge in [0.25, 0.3) is 0 Å². The predicted molar refractivity (Wildman–Crippen MR) is 90.3 cm³/mol. The molecule has 0 amide bonds. The van der Waals surface area contributed by atoms with Crippen molar-refractivity contribution in [2.75, 3.05) is 23.8 Å². The minimum absolute atomic E-state index is 0.184. The Hall–Kier alpha value is -1.40. The molecule has 0 fully saturated rings. The number of anilines is 2. The molecule has 2 aromatic heterocycles. The molecule has 5 nitrogen and oxygen atoms in total. The molecule has 0 aliphatic heterocycles. The predicted octanol–water partition coefficient (Wildman–Crippen LogP) is 3.39. The fourth-order valence-electron chi connectivity index (χ4n) is 2.20. The van der Waals surface area contributed by atoms with E-state index in [1.54, 1.807) is 11.3 Å². The highest BCUT2D eigenvalue weighted by Crippen LogP contribution is 2.30. The summed E-state index contributed by atoms with van der Waals surface area (Å²) in [6.45, 7) is 7.36. The normalized spacial score (nSPS) is 12.6. The molecule has 1 unspecified atom stereocenters. The van der Waals surface area contributed by atoms with Crippen LogP contribution in [0.15, 0.2) is 6.07 Å². The van der Waals surface area contributed by atoms with Gasteiger partial charge in [-0.1, -0.05) is 13.8 Å². The average molecular weight is 308 g/mol. The molecule has 2 rings (SSSR count). The quantitative estimate of drug-likeness (QED) is 0.697. The maximum absolute atomic E-state index is 9.15. The summed E-state index contributed by atoms with van der Waals surface area (Å²) in [5.41, 5.74) is 0. The van der Waals surface area contributed by atoms with Crippen LogP contribution in [0.25, 0.3) is 10.2 Å². The van der Waals surface area contributed by atoms with Crippen LogP contribution in [-0.2, 0) is 0 Å². The SMILES string of the molecule is CCCNc1nc(NC(CC)CCO)c2cc(C)sc2n1. The minimum atomic E-state index is 0.184. The van der Waals surface area contributed by atoms with E-state index in [4.69, 9.17) is 5.11 Å². The van der Waals surface area contributed by atoms with Crippen LogP contribution in [-0.4, -0.2) is 34.3 Å². The van der Waals surface area contributed by atoms with Crippen LogP contribution >= 0.6 is 11.3 Å². The van der Waals surface area contributed by atoms with Gasteiger partial charge < -0.3 is 15.7 Å². The van der Waals surface area contributed by atoms with E-state index in [1.165, 1.54) is 4.88 Å². The Morgan fingerprint density at radius 2 is 2.14 bits per heavy atom. The van der Waals surface area contributed by atoms with E-state index in [1.807, 2.05) is 0 Å². The van der Waals surface area contributed by atoms with E-state index in [0.29, 0.717) is 5.95 Å². The summed E-state index contributed by atoms with van der Waals surface area (Å²) in [6.07, 6.45) is 2.71. The van der Waals surface area contributed by atoms with Crippen molar-refractivity contribution in [2.24, 2.45) is 0 Å². The standard InChI is InChI=1S/C15H24N4OS/c1-4-7-16-15-18-13(17-11(5-2)6-8-20)12-9-10(3)21-14(12)19-15/h9,11,20H,4-8H2,1-3H3,(H2,16,17,18,19). The summed E-state index contributed by atoms with van der Waals surface area (Å²) in [7, 11) is 0. The van der Waals surface area contributed by atoms with Crippen molar-refractivity contribution in [2.45, 2.75) is 46.1 Å². The second kappa shape index (κ2) is 7.56. The molecule has 0 saturated heterocycles. The highest BCUT2D eigenvalue weighted by atomic mass is 32.1. The first-order chi connectivity index (χ1) is 10.2. The first-order valence-corrected chi connectivity index (χ1v) is 8.39. The third-order valence-electron chi connectivity index (χ3n) is 3.36. The van der Waals surface area contributed by atoms with Gasteiger partial charge in [-0.15, -0.1) is 11.3 Å². The van der Waals surface area contributed by atoms with E-state index >= 15 is 0 Å². The lowest BCUT2D eigenvalue weighted by atomic mass is 10.1. The van der Waals surface area contributed by atoms with E-state index in [-0.39, 0.29) is 12.6 Å². The Morgan fingerprint density at radius 3 is 2.81 bits per heavy atom. The lowest BCUT2D eigenvalue weighted by molar-refractivity contribution is 0.278. The molecule has 116 valence electrons.